The maximum Gasteiger partial charge on any atom is 0.167 e. The number of nitrogens with zero attached hydrogens (tertiary/aromatic N) is 3. The average molecular weight is 259 g/mol. The van der Waals surface area contributed by atoms with E-state index in [4.69, 9.17) is 0 Å². The molecule has 1 fully saturated rings. The molecule has 0 aromatic carbocycles. The third-order valence-electron chi connectivity index (χ3n) is 4.04. The molecule has 1 saturated carbocycles. The minimum atomic E-state index is 0.396. The van der Waals surface area contributed by atoms with Gasteiger partial charge in [0.25, 0.3) is 0 Å². The first-order chi connectivity index (χ1) is 9.15. The SMILES string of the molecule is CNC1CCC(Nc2nnc(C)c(C)c2C#N)CC1. The molecule has 2 rings (SSSR count). The van der Waals surface area contributed by atoms with Crippen molar-refractivity contribution in [3.63, 3.8) is 0 Å². The number of nitriles is 1. The fourth-order valence-electron chi connectivity index (χ4n) is 2.57. The van der Waals surface area contributed by atoms with Gasteiger partial charge in [0.15, 0.2) is 5.82 Å². The molecular weight excluding hydrogens is 238 g/mol. The zero-order valence-corrected chi connectivity index (χ0v) is 11.8. The summed E-state index contributed by atoms with van der Waals surface area (Å²) >= 11 is 0. The zero-order valence-electron chi connectivity index (χ0n) is 11.8. The van der Waals surface area contributed by atoms with Crippen LogP contribution in [0.15, 0.2) is 0 Å². The quantitative estimate of drug-likeness (QED) is 0.867. The van der Waals surface area contributed by atoms with Crippen LogP contribution in [0.4, 0.5) is 5.82 Å². The van der Waals surface area contributed by atoms with E-state index in [-0.39, 0.29) is 0 Å². The van der Waals surface area contributed by atoms with Crippen LogP contribution in [-0.2, 0) is 0 Å². The van der Waals surface area contributed by atoms with Crippen LogP contribution >= 0.6 is 0 Å². The highest BCUT2D eigenvalue weighted by Crippen LogP contribution is 2.24. The molecule has 0 spiro atoms. The Kier molecular flexibility index (Phi) is 4.33. The van der Waals surface area contributed by atoms with Crippen molar-refractivity contribution >= 4 is 5.82 Å². The number of hydrogen-bond donors (Lipinski definition) is 2. The number of rotatable bonds is 3. The normalized spacial score (nSPS) is 22.8. The van der Waals surface area contributed by atoms with E-state index in [0.717, 1.165) is 36.9 Å². The Morgan fingerprint density at radius 1 is 1.11 bits per heavy atom. The molecular formula is C14H21N5. The predicted molar refractivity (Wildman–Crippen MR) is 74.9 cm³/mol. The minimum absolute atomic E-state index is 0.396. The molecule has 0 aliphatic heterocycles. The van der Waals surface area contributed by atoms with E-state index in [2.05, 4.69) is 26.9 Å². The zero-order chi connectivity index (χ0) is 13.8. The molecule has 0 unspecified atom stereocenters. The molecule has 5 nitrogen and oxygen atoms in total. The van der Waals surface area contributed by atoms with Gasteiger partial charge >= 0.3 is 0 Å². The van der Waals surface area contributed by atoms with Crippen molar-refractivity contribution in [2.45, 2.75) is 51.6 Å². The summed E-state index contributed by atoms with van der Waals surface area (Å²) in [6, 6.07) is 3.26. The summed E-state index contributed by atoms with van der Waals surface area (Å²) in [6.07, 6.45) is 4.53. The van der Waals surface area contributed by atoms with Gasteiger partial charge in [-0.1, -0.05) is 0 Å². The molecule has 0 atom stereocenters. The maximum atomic E-state index is 9.27. The van der Waals surface area contributed by atoms with Crippen molar-refractivity contribution in [2.24, 2.45) is 0 Å². The Labute approximate surface area is 114 Å². The third-order valence-corrected chi connectivity index (χ3v) is 4.04. The van der Waals surface area contributed by atoms with E-state index in [0.29, 0.717) is 23.5 Å². The highest BCUT2D eigenvalue weighted by Gasteiger charge is 2.21. The van der Waals surface area contributed by atoms with Crippen molar-refractivity contribution in [2.75, 3.05) is 12.4 Å². The van der Waals surface area contributed by atoms with Crippen LogP contribution in [0, 0.1) is 25.2 Å². The molecule has 0 amide bonds. The lowest BCUT2D eigenvalue weighted by molar-refractivity contribution is 0.371. The fourth-order valence-corrected chi connectivity index (χ4v) is 2.57. The van der Waals surface area contributed by atoms with Crippen LogP contribution in [0.25, 0.3) is 0 Å². The van der Waals surface area contributed by atoms with Crippen molar-refractivity contribution in [3.8, 4) is 6.07 Å². The fraction of sp³-hybridized carbons (Fsp3) is 0.643. The maximum absolute atomic E-state index is 9.27. The lowest BCUT2D eigenvalue weighted by atomic mass is 9.91. The minimum Gasteiger partial charge on any atom is -0.365 e. The van der Waals surface area contributed by atoms with Crippen LogP contribution in [0.5, 0.6) is 0 Å². The second-order valence-electron chi connectivity index (χ2n) is 5.23. The van der Waals surface area contributed by atoms with Crippen molar-refractivity contribution in [1.82, 2.24) is 15.5 Å². The van der Waals surface area contributed by atoms with E-state index in [1.165, 1.54) is 0 Å². The van der Waals surface area contributed by atoms with Gasteiger partial charge in [-0.2, -0.15) is 10.4 Å². The summed E-state index contributed by atoms with van der Waals surface area (Å²) in [4.78, 5) is 0. The van der Waals surface area contributed by atoms with Gasteiger partial charge in [-0.15, -0.1) is 5.10 Å². The number of aromatic nitrogens is 2. The van der Waals surface area contributed by atoms with E-state index in [1.807, 2.05) is 20.9 Å². The first kappa shape index (κ1) is 13.8. The molecule has 19 heavy (non-hydrogen) atoms. The van der Waals surface area contributed by atoms with E-state index in [1.54, 1.807) is 0 Å². The monoisotopic (exact) mass is 259 g/mol. The second kappa shape index (κ2) is 5.98. The molecule has 1 aromatic heterocycles. The first-order valence-electron chi connectivity index (χ1n) is 6.83. The van der Waals surface area contributed by atoms with Gasteiger partial charge < -0.3 is 10.6 Å². The number of nitrogens with one attached hydrogen (secondary N) is 2. The summed E-state index contributed by atoms with van der Waals surface area (Å²) < 4.78 is 0. The van der Waals surface area contributed by atoms with Crippen LogP contribution < -0.4 is 10.6 Å². The molecule has 0 saturated heterocycles. The van der Waals surface area contributed by atoms with Gasteiger partial charge in [0.05, 0.1) is 5.69 Å². The van der Waals surface area contributed by atoms with Crippen LogP contribution in [0.2, 0.25) is 0 Å². The van der Waals surface area contributed by atoms with Gasteiger partial charge in [-0.25, -0.2) is 0 Å². The lowest BCUT2D eigenvalue weighted by Gasteiger charge is -2.29. The van der Waals surface area contributed by atoms with Gasteiger partial charge in [0, 0.05) is 12.1 Å². The van der Waals surface area contributed by atoms with Gasteiger partial charge in [0.1, 0.15) is 11.6 Å². The predicted octanol–water partition coefficient (Wildman–Crippen LogP) is 1.91. The molecule has 1 heterocycles. The standard InChI is InChI=1S/C14H21N5/c1-9-10(2)18-19-14(13(9)8-15)17-12-6-4-11(16-3)5-7-12/h11-12,16H,4-7H2,1-3H3,(H,17,19). The summed E-state index contributed by atoms with van der Waals surface area (Å²) in [5, 5.41) is 24.2. The highest BCUT2D eigenvalue weighted by molar-refractivity contribution is 5.56. The van der Waals surface area contributed by atoms with E-state index < -0.39 is 0 Å². The molecule has 0 radical (unpaired) electrons. The highest BCUT2D eigenvalue weighted by atomic mass is 15.2. The van der Waals surface area contributed by atoms with Gasteiger partial charge in [0.2, 0.25) is 0 Å². The smallest absolute Gasteiger partial charge is 0.167 e. The summed E-state index contributed by atoms with van der Waals surface area (Å²) in [6.45, 7) is 3.80. The Bertz CT molecular complexity index is 483. The van der Waals surface area contributed by atoms with Crippen LogP contribution in [0.1, 0.15) is 42.5 Å². The molecule has 1 aliphatic rings. The lowest BCUT2D eigenvalue weighted by Crippen LogP contribution is -2.35. The molecule has 1 aliphatic carbocycles. The number of hydrogen-bond acceptors (Lipinski definition) is 5. The Morgan fingerprint density at radius 3 is 2.32 bits per heavy atom. The molecule has 5 heteroatoms. The van der Waals surface area contributed by atoms with Gasteiger partial charge in [-0.05, 0) is 52.1 Å². The van der Waals surface area contributed by atoms with Crippen molar-refractivity contribution < 1.29 is 0 Å². The number of anilines is 1. The molecule has 0 bridgehead atoms. The molecule has 102 valence electrons. The third kappa shape index (κ3) is 3.02. The first-order valence-corrected chi connectivity index (χ1v) is 6.83. The van der Waals surface area contributed by atoms with Crippen molar-refractivity contribution in [3.05, 3.63) is 16.8 Å². The summed E-state index contributed by atoms with van der Waals surface area (Å²) in [5.41, 5.74) is 2.37. The average Bonchev–Trinajstić information content (AvgIpc) is 2.44. The summed E-state index contributed by atoms with van der Waals surface area (Å²) in [7, 11) is 2.01. The van der Waals surface area contributed by atoms with Gasteiger partial charge in [-0.3, -0.25) is 0 Å². The van der Waals surface area contributed by atoms with Crippen molar-refractivity contribution in [1.29, 1.82) is 5.26 Å². The Morgan fingerprint density at radius 2 is 1.74 bits per heavy atom. The summed E-state index contributed by atoms with van der Waals surface area (Å²) in [5.74, 6) is 0.638. The molecule has 1 aromatic rings. The number of aryl methyl sites for hydroxylation is 1. The van der Waals surface area contributed by atoms with E-state index >= 15 is 0 Å². The van der Waals surface area contributed by atoms with Crippen LogP contribution in [0.3, 0.4) is 0 Å². The topological polar surface area (TPSA) is 73.6 Å². The Balaban J connectivity index is 2.08. The van der Waals surface area contributed by atoms with Crippen LogP contribution in [-0.4, -0.2) is 29.3 Å². The largest absolute Gasteiger partial charge is 0.365 e. The Hall–Kier alpha value is -1.67. The second-order valence-corrected chi connectivity index (χ2v) is 5.23. The molecule has 2 N–H and O–H groups in total. The van der Waals surface area contributed by atoms with E-state index in [9.17, 15) is 5.26 Å².